The molecule has 1 aliphatic carbocycles. The summed E-state index contributed by atoms with van der Waals surface area (Å²) in [5.41, 5.74) is 0.776. The molecule has 6 nitrogen and oxygen atoms in total. The molecule has 0 spiro atoms. The van der Waals surface area contributed by atoms with Crippen molar-refractivity contribution < 1.29 is 37.0 Å². The number of benzene rings is 1. The number of methoxy groups -OCH3 is 1. The minimum absolute atomic E-state index is 0.130. The molecular formula is C25H28F3NO5. The van der Waals surface area contributed by atoms with Gasteiger partial charge in [-0.1, -0.05) is 26.0 Å². The van der Waals surface area contributed by atoms with E-state index in [4.69, 9.17) is 9.47 Å². The Morgan fingerprint density at radius 1 is 1.21 bits per heavy atom. The molecule has 3 rings (SSSR count). The first-order chi connectivity index (χ1) is 15.9. The van der Waals surface area contributed by atoms with Gasteiger partial charge < -0.3 is 14.8 Å². The van der Waals surface area contributed by atoms with E-state index >= 15 is 0 Å². The first kappa shape index (κ1) is 25.5. The van der Waals surface area contributed by atoms with Crippen LogP contribution in [0, 0.1) is 11.8 Å². The Balaban J connectivity index is 2.17. The van der Waals surface area contributed by atoms with Crippen LogP contribution in [0.2, 0.25) is 0 Å². The number of allylic oxidation sites excluding steroid dienone is 3. The van der Waals surface area contributed by atoms with Gasteiger partial charge in [-0.05, 0) is 50.3 Å². The lowest BCUT2D eigenvalue weighted by Gasteiger charge is -2.38. The first-order valence-corrected chi connectivity index (χ1v) is 11.1. The van der Waals surface area contributed by atoms with E-state index in [1.54, 1.807) is 20.8 Å². The Morgan fingerprint density at radius 3 is 2.35 bits per heavy atom. The highest BCUT2D eigenvalue weighted by Gasteiger charge is 2.47. The Labute approximate surface area is 196 Å². The van der Waals surface area contributed by atoms with Gasteiger partial charge in [-0.25, -0.2) is 4.79 Å². The van der Waals surface area contributed by atoms with E-state index in [-0.39, 0.29) is 17.1 Å². The molecule has 184 valence electrons. The summed E-state index contributed by atoms with van der Waals surface area (Å²) in [6, 6.07) is 4.34. The fourth-order valence-corrected chi connectivity index (χ4v) is 4.48. The standard InChI is InChI=1S/C25H28F3NO5/c1-6-13(3)34-24(32)19-14(4)29-17-11-12(2)18(23(31)33-5)22(30)21(17)20(19)15-7-9-16(10-8-15)25(26,27)28/h7-10,12-13,18,20,29H,6,11H2,1-5H3/t12-,13+,18-,20-/m0/s1. The molecular weight excluding hydrogens is 451 g/mol. The summed E-state index contributed by atoms with van der Waals surface area (Å²) >= 11 is 0. The number of ketones is 1. The van der Waals surface area contributed by atoms with Crippen LogP contribution in [0.25, 0.3) is 0 Å². The number of halogens is 3. The fourth-order valence-electron chi connectivity index (χ4n) is 4.48. The van der Waals surface area contributed by atoms with Crippen molar-refractivity contribution in [1.29, 1.82) is 0 Å². The fraction of sp³-hybridized carbons (Fsp3) is 0.480. The molecule has 0 saturated heterocycles. The van der Waals surface area contributed by atoms with Gasteiger partial charge in [0.05, 0.1) is 24.4 Å². The average molecular weight is 479 g/mol. The molecule has 9 heteroatoms. The molecule has 0 amide bonds. The third-order valence-corrected chi connectivity index (χ3v) is 6.42. The molecule has 0 unspecified atom stereocenters. The summed E-state index contributed by atoms with van der Waals surface area (Å²) in [5, 5.41) is 3.12. The Hall–Kier alpha value is -3.10. The van der Waals surface area contributed by atoms with Crippen LogP contribution in [0.3, 0.4) is 0 Å². The summed E-state index contributed by atoms with van der Waals surface area (Å²) in [6.07, 6.45) is -4.04. The minimum Gasteiger partial charge on any atom is -0.468 e. The van der Waals surface area contributed by atoms with Crippen LogP contribution < -0.4 is 5.32 Å². The van der Waals surface area contributed by atoms with Crippen LogP contribution in [0.4, 0.5) is 13.2 Å². The number of rotatable bonds is 5. The van der Waals surface area contributed by atoms with Gasteiger partial charge in [0, 0.05) is 22.9 Å². The van der Waals surface area contributed by atoms with Crippen molar-refractivity contribution >= 4 is 17.7 Å². The SMILES string of the molecule is CC[C@@H](C)OC(=O)C1=C(C)NC2=C(C(=O)[C@@H](C(=O)OC)[C@@H](C)C2)[C@H]1c1ccc(C(F)(F)F)cc1. The van der Waals surface area contributed by atoms with E-state index in [9.17, 15) is 27.6 Å². The number of carbonyl (C=O) groups excluding carboxylic acids is 3. The smallest absolute Gasteiger partial charge is 0.416 e. The number of hydrogen-bond donors (Lipinski definition) is 1. The summed E-state index contributed by atoms with van der Waals surface area (Å²) in [7, 11) is 1.19. The van der Waals surface area contributed by atoms with Gasteiger partial charge in [0.15, 0.2) is 5.78 Å². The number of Topliss-reactive ketones (excluding diaryl/α,β-unsaturated/α-hetero) is 1. The molecule has 34 heavy (non-hydrogen) atoms. The topological polar surface area (TPSA) is 81.7 Å². The lowest BCUT2D eigenvalue weighted by molar-refractivity contribution is -0.151. The number of alkyl halides is 3. The Morgan fingerprint density at radius 2 is 1.82 bits per heavy atom. The van der Waals surface area contributed by atoms with E-state index in [1.165, 1.54) is 19.2 Å². The van der Waals surface area contributed by atoms with E-state index in [1.807, 2.05) is 6.92 Å². The highest BCUT2D eigenvalue weighted by atomic mass is 19.4. The summed E-state index contributed by atoms with van der Waals surface area (Å²) in [5.74, 6) is -4.29. The van der Waals surface area contributed by atoms with Crippen molar-refractivity contribution in [3.05, 3.63) is 57.9 Å². The van der Waals surface area contributed by atoms with Gasteiger partial charge in [0.2, 0.25) is 0 Å². The van der Waals surface area contributed by atoms with E-state index in [2.05, 4.69) is 5.32 Å². The molecule has 2 aliphatic rings. The predicted octanol–water partition coefficient (Wildman–Crippen LogP) is 4.66. The zero-order valence-electron chi connectivity index (χ0n) is 19.7. The third kappa shape index (κ3) is 4.74. The summed E-state index contributed by atoms with van der Waals surface area (Å²) < 4.78 is 49.8. The molecule has 1 aromatic rings. The second kappa shape index (κ2) is 9.64. The highest BCUT2D eigenvalue weighted by molar-refractivity contribution is 6.12. The number of ether oxygens (including phenoxy) is 2. The van der Waals surface area contributed by atoms with Crippen LogP contribution in [0.15, 0.2) is 46.8 Å². The van der Waals surface area contributed by atoms with Gasteiger partial charge in [0.25, 0.3) is 0 Å². The number of hydrogen-bond acceptors (Lipinski definition) is 6. The quantitative estimate of drug-likeness (QED) is 0.489. The number of nitrogens with one attached hydrogen (secondary N) is 1. The van der Waals surface area contributed by atoms with E-state index < -0.39 is 47.4 Å². The van der Waals surface area contributed by atoms with Crippen LogP contribution >= 0.6 is 0 Å². The summed E-state index contributed by atoms with van der Waals surface area (Å²) in [6.45, 7) is 6.99. The Bertz CT molecular complexity index is 1060. The lowest BCUT2D eigenvalue weighted by Crippen LogP contribution is -2.43. The van der Waals surface area contributed by atoms with E-state index in [0.29, 0.717) is 29.8 Å². The van der Waals surface area contributed by atoms with Gasteiger partial charge in [-0.2, -0.15) is 13.2 Å². The number of dihydropyridines is 1. The van der Waals surface area contributed by atoms with Gasteiger partial charge in [0.1, 0.15) is 5.92 Å². The maximum atomic E-state index is 13.6. The van der Waals surface area contributed by atoms with Crippen molar-refractivity contribution in [3.63, 3.8) is 0 Å². The molecule has 0 radical (unpaired) electrons. The molecule has 1 aliphatic heterocycles. The zero-order valence-corrected chi connectivity index (χ0v) is 19.7. The largest absolute Gasteiger partial charge is 0.468 e. The third-order valence-electron chi connectivity index (χ3n) is 6.42. The van der Waals surface area contributed by atoms with Crippen molar-refractivity contribution in [3.8, 4) is 0 Å². The molecule has 1 N–H and O–H groups in total. The monoisotopic (exact) mass is 479 g/mol. The van der Waals surface area contributed by atoms with Crippen LogP contribution in [0.5, 0.6) is 0 Å². The molecule has 0 fully saturated rings. The number of esters is 2. The second-order valence-corrected chi connectivity index (χ2v) is 8.78. The predicted molar refractivity (Wildman–Crippen MR) is 117 cm³/mol. The summed E-state index contributed by atoms with van der Waals surface area (Å²) in [4.78, 5) is 39.2. The van der Waals surface area contributed by atoms with Gasteiger partial charge in [-0.3, -0.25) is 9.59 Å². The van der Waals surface area contributed by atoms with Crippen LogP contribution in [0.1, 0.15) is 57.6 Å². The molecule has 1 heterocycles. The van der Waals surface area contributed by atoms with Crippen molar-refractivity contribution in [2.24, 2.45) is 11.8 Å². The second-order valence-electron chi connectivity index (χ2n) is 8.78. The zero-order chi connectivity index (χ0) is 25.4. The van der Waals surface area contributed by atoms with Gasteiger partial charge >= 0.3 is 18.1 Å². The van der Waals surface area contributed by atoms with Crippen LogP contribution in [-0.4, -0.2) is 30.9 Å². The normalized spacial score (nSPS) is 23.8. The average Bonchev–Trinajstić information content (AvgIpc) is 2.77. The molecule has 0 aromatic heterocycles. The highest BCUT2D eigenvalue weighted by Crippen LogP contribution is 2.46. The molecule has 1 aromatic carbocycles. The van der Waals surface area contributed by atoms with Gasteiger partial charge in [-0.15, -0.1) is 0 Å². The number of carbonyl (C=O) groups is 3. The molecule has 0 bridgehead atoms. The van der Waals surface area contributed by atoms with Crippen LogP contribution in [-0.2, 0) is 30.0 Å². The first-order valence-electron chi connectivity index (χ1n) is 11.1. The van der Waals surface area contributed by atoms with Crippen molar-refractivity contribution in [2.45, 2.75) is 58.7 Å². The molecule has 4 atom stereocenters. The Kier molecular flexibility index (Phi) is 7.24. The minimum atomic E-state index is -4.53. The molecule has 0 saturated carbocycles. The van der Waals surface area contributed by atoms with Crippen molar-refractivity contribution in [2.75, 3.05) is 7.11 Å². The van der Waals surface area contributed by atoms with Crippen molar-refractivity contribution in [1.82, 2.24) is 5.32 Å². The maximum absolute atomic E-state index is 13.6. The lowest BCUT2D eigenvalue weighted by atomic mass is 9.69. The van der Waals surface area contributed by atoms with E-state index in [0.717, 1.165) is 12.1 Å². The maximum Gasteiger partial charge on any atom is 0.416 e.